The largest absolute Gasteiger partial charge is 0.496 e. The Morgan fingerprint density at radius 2 is 1.68 bits per heavy atom. The van der Waals surface area contributed by atoms with Crippen LogP contribution in [-0.4, -0.2) is 45.5 Å². The van der Waals surface area contributed by atoms with E-state index in [2.05, 4.69) is 15.5 Å². The number of aromatic amines is 1. The van der Waals surface area contributed by atoms with Gasteiger partial charge in [0.2, 0.25) is 5.75 Å². The van der Waals surface area contributed by atoms with Crippen molar-refractivity contribution in [3.05, 3.63) is 47.7 Å². The molecule has 2 aromatic carbocycles. The van der Waals surface area contributed by atoms with Crippen molar-refractivity contribution >= 4 is 23.0 Å². The Balaban J connectivity index is 1.87. The summed E-state index contributed by atoms with van der Waals surface area (Å²) in [5.74, 6) is 1.67. The van der Waals surface area contributed by atoms with Gasteiger partial charge in [-0.15, -0.1) is 0 Å². The van der Waals surface area contributed by atoms with Crippen LogP contribution in [0.4, 0.5) is 0 Å². The number of hydrogen-bond acceptors (Lipinski definition) is 6. The molecule has 0 bridgehead atoms. The third kappa shape index (κ3) is 3.57. The highest BCUT2D eigenvalue weighted by Gasteiger charge is 2.19. The Labute approximate surface area is 162 Å². The van der Waals surface area contributed by atoms with Crippen molar-refractivity contribution in [2.45, 2.75) is 0 Å². The van der Waals surface area contributed by atoms with Gasteiger partial charge in [0.25, 0.3) is 5.91 Å². The lowest BCUT2D eigenvalue weighted by atomic mass is 10.2. The molecule has 1 aromatic heterocycles. The number of benzene rings is 2. The maximum absolute atomic E-state index is 12.5. The van der Waals surface area contributed by atoms with E-state index >= 15 is 0 Å². The molecule has 0 atom stereocenters. The van der Waals surface area contributed by atoms with Crippen LogP contribution in [0.15, 0.2) is 41.5 Å². The van der Waals surface area contributed by atoms with Crippen molar-refractivity contribution in [2.24, 2.45) is 5.10 Å². The average molecular weight is 383 g/mol. The van der Waals surface area contributed by atoms with Crippen LogP contribution in [0.5, 0.6) is 23.0 Å². The fourth-order valence-electron chi connectivity index (χ4n) is 2.86. The number of carbonyl (C=O) groups excluding carboxylic acids is 1. The van der Waals surface area contributed by atoms with Gasteiger partial charge in [-0.05, 0) is 24.3 Å². The Bertz CT molecular complexity index is 1030. The van der Waals surface area contributed by atoms with Crippen molar-refractivity contribution in [3.8, 4) is 23.0 Å². The van der Waals surface area contributed by atoms with Crippen LogP contribution in [0.1, 0.15) is 16.1 Å². The first kappa shape index (κ1) is 19.1. The molecule has 28 heavy (non-hydrogen) atoms. The maximum atomic E-state index is 12.5. The van der Waals surface area contributed by atoms with Gasteiger partial charge in [0.05, 0.1) is 40.2 Å². The second kappa shape index (κ2) is 8.34. The van der Waals surface area contributed by atoms with E-state index in [1.165, 1.54) is 27.5 Å². The van der Waals surface area contributed by atoms with E-state index in [0.29, 0.717) is 34.2 Å². The molecular weight excluding hydrogens is 362 g/mol. The molecule has 2 N–H and O–H groups in total. The van der Waals surface area contributed by atoms with Crippen LogP contribution in [0.2, 0.25) is 0 Å². The molecule has 0 aliphatic carbocycles. The first-order valence-electron chi connectivity index (χ1n) is 8.41. The maximum Gasteiger partial charge on any atom is 0.287 e. The number of H-pyrrole nitrogens is 1. The van der Waals surface area contributed by atoms with Gasteiger partial charge in [0.1, 0.15) is 11.4 Å². The second-order valence-corrected chi connectivity index (χ2v) is 5.73. The standard InChI is InChI=1S/C20H21N3O5/c1-25-15-8-6-5-7-12(15)11-21-23-20(24)14-9-13-10-16(26-2)18(27-3)19(28-4)17(13)22-14/h5-11,22H,1-4H3,(H,23,24). The monoisotopic (exact) mass is 383 g/mol. The van der Waals surface area contributed by atoms with Crippen molar-refractivity contribution in [3.63, 3.8) is 0 Å². The number of hydrogen-bond donors (Lipinski definition) is 2. The van der Waals surface area contributed by atoms with Crippen LogP contribution in [0, 0.1) is 0 Å². The van der Waals surface area contributed by atoms with E-state index in [1.54, 1.807) is 19.2 Å². The average Bonchev–Trinajstić information content (AvgIpc) is 3.16. The van der Waals surface area contributed by atoms with Gasteiger partial charge in [-0.1, -0.05) is 12.1 Å². The number of methoxy groups -OCH3 is 4. The Morgan fingerprint density at radius 3 is 2.36 bits per heavy atom. The fraction of sp³-hybridized carbons (Fsp3) is 0.200. The van der Waals surface area contributed by atoms with Crippen LogP contribution in [-0.2, 0) is 0 Å². The summed E-state index contributed by atoms with van der Waals surface area (Å²) in [5, 5.41) is 4.75. The van der Waals surface area contributed by atoms with Gasteiger partial charge in [-0.3, -0.25) is 4.79 Å². The first-order valence-corrected chi connectivity index (χ1v) is 8.41. The number of fused-ring (bicyclic) bond motifs is 1. The van der Waals surface area contributed by atoms with Crippen molar-refractivity contribution in [1.82, 2.24) is 10.4 Å². The van der Waals surface area contributed by atoms with Crippen LogP contribution in [0.25, 0.3) is 10.9 Å². The molecule has 0 spiro atoms. The number of nitrogens with one attached hydrogen (secondary N) is 2. The Morgan fingerprint density at radius 1 is 0.964 bits per heavy atom. The molecule has 0 aliphatic rings. The molecule has 1 heterocycles. The molecule has 0 saturated carbocycles. The zero-order valence-electron chi connectivity index (χ0n) is 16.0. The van der Waals surface area contributed by atoms with Crippen LogP contribution >= 0.6 is 0 Å². The molecule has 1 amide bonds. The van der Waals surface area contributed by atoms with Crippen molar-refractivity contribution in [1.29, 1.82) is 0 Å². The number of nitrogens with zero attached hydrogens (tertiary/aromatic N) is 1. The molecular formula is C20H21N3O5. The summed E-state index contributed by atoms with van der Waals surface area (Å²) in [6.07, 6.45) is 1.52. The molecule has 8 nitrogen and oxygen atoms in total. The van der Waals surface area contributed by atoms with Gasteiger partial charge < -0.3 is 23.9 Å². The third-order valence-electron chi connectivity index (χ3n) is 4.17. The molecule has 0 aliphatic heterocycles. The molecule has 3 aromatic rings. The quantitative estimate of drug-likeness (QED) is 0.483. The van der Waals surface area contributed by atoms with Crippen molar-refractivity contribution < 1.29 is 23.7 Å². The van der Waals surface area contributed by atoms with Gasteiger partial charge in [0, 0.05) is 10.9 Å². The summed E-state index contributed by atoms with van der Waals surface area (Å²) in [5.41, 5.74) is 4.19. The summed E-state index contributed by atoms with van der Waals surface area (Å²) in [7, 11) is 6.16. The van der Waals surface area contributed by atoms with E-state index < -0.39 is 5.91 Å². The minimum Gasteiger partial charge on any atom is -0.496 e. The van der Waals surface area contributed by atoms with E-state index in [0.717, 1.165) is 10.9 Å². The Hall–Kier alpha value is -3.68. The summed E-state index contributed by atoms with van der Waals surface area (Å²) in [6.45, 7) is 0. The summed E-state index contributed by atoms with van der Waals surface area (Å²) < 4.78 is 21.4. The minimum absolute atomic E-state index is 0.320. The third-order valence-corrected chi connectivity index (χ3v) is 4.17. The zero-order valence-corrected chi connectivity index (χ0v) is 16.0. The molecule has 0 unspecified atom stereocenters. The lowest BCUT2D eigenvalue weighted by Crippen LogP contribution is -2.17. The SMILES string of the molecule is COc1ccccc1C=NNC(=O)c1cc2cc(OC)c(OC)c(OC)c2[nH]1. The molecule has 146 valence electrons. The number of para-hydroxylation sites is 1. The highest BCUT2D eigenvalue weighted by Crippen LogP contribution is 2.43. The predicted octanol–water partition coefficient (Wildman–Crippen LogP) is 2.97. The van der Waals surface area contributed by atoms with Crippen LogP contribution < -0.4 is 24.4 Å². The van der Waals surface area contributed by atoms with E-state index in [9.17, 15) is 4.79 Å². The van der Waals surface area contributed by atoms with Gasteiger partial charge >= 0.3 is 0 Å². The molecule has 0 fully saturated rings. The number of ether oxygens (including phenoxy) is 4. The molecule has 0 saturated heterocycles. The summed E-state index contributed by atoms with van der Waals surface area (Å²) >= 11 is 0. The van der Waals surface area contributed by atoms with Crippen LogP contribution in [0.3, 0.4) is 0 Å². The lowest BCUT2D eigenvalue weighted by molar-refractivity contribution is 0.0951. The Kier molecular flexibility index (Phi) is 5.69. The fourth-order valence-corrected chi connectivity index (χ4v) is 2.86. The van der Waals surface area contributed by atoms with Gasteiger partial charge in [-0.25, -0.2) is 5.43 Å². The predicted molar refractivity (Wildman–Crippen MR) is 106 cm³/mol. The number of amides is 1. The summed E-state index contributed by atoms with van der Waals surface area (Å²) in [4.78, 5) is 15.5. The smallest absolute Gasteiger partial charge is 0.287 e. The topological polar surface area (TPSA) is 94.2 Å². The minimum atomic E-state index is -0.401. The number of hydrazone groups is 1. The first-order chi connectivity index (χ1) is 13.6. The molecule has 3 rings (SSSR count). The van der Waals surface area contributed by atoms with Crippen molar-refractivity contribution in [2.75, 3.05) is 28.4 Å². The number of rotatable bonds is 7. The highest BCUT2D eigenvalue weighted by atomic mass is 16.5. The molecule has 0 radical (unpaired) electrons. The number of carbonyl (C=O) groups is 1. The highest BCUT2D eigenvalue weighted by molar-refractivity contribution is 6.01. The second-order valence-electron chi connectivity index (χ2n) is 5.73. The summed E-state index contributed by atoms with van der Waals surface area (Å²) in [6, 6.07) is 10.8. The normalized spacial score (nSPS) is 10.9. The van der Waals surface area contributed by atoms with E-state index in [-0.39, 0.29) is 0 Å². The van der Waals surface area contributed by atoms with E-state index in [4.69, 9.17) is 18.9 Å². The number of aromatic nitrogens is 1. The zero-order chi connectivity index (χ0) is 20.1. The lowest BCUT2D eigenvalue weighted by Gasteiger charge is -2.12. The van der Waals surface area contributed by atoms with Gasteiger partial charge in [0.15, 0.2) is 11.5 Å². The van der Waals surface area contributed by atoms with E-state index in [1.807, 2.05) is 24.3 Å². The molecule has 8 heteroatoms. The van der Waals surface area contributed by atoms with Gasteiger partial charge in [-0.2, -0.15) is 5.10 Å².